The fraction of sp³-hybridized carbons (Fsp3) is 1.00. The van der Waals surface area contributed by atoms with E-state index in [9.17, 15) is 56.2 Å². The molecule has 5 aliphatic heterocycles. The molecular formula is C29H50O21. The SMILES string of the molecule is CCCCOC1OCC(OC2OCC(OC3OCC(OC4OCC(OC5OCC(O)C(O)C5O)C(O)C4O)C(O)C3O)C(O)C2O)C(O)C1O. The zero-order valence-corrected chi connectivity index (χ0v) is 27.2. The van der Waals surface area contributed by atoms with Gasteiger partial charge in [0.15, 0.2) is 31.5 Å². The maximum Gasteiger partial charge on any atom is 0.186 e. The molecule has 21 heteroatoms. The normalized spacial score (nSPS) is 50.6. The molecule has 0 saturated carbocycles. The van der Waals surface area contributed by atoms with Gasteiger partial charge in [-0.15, -0.1) is 0 Å². The number of aliphatic hydroxyl groups excluding tert-OH is 11. The molecule has 5 heterocycles. The Kier molecular flexibility index (Phi) is 14.5. The van der Waals surface area contributed by atoms with Crippen molar-refractivity contribution in [2.45, 2.75) is 143 Å². The Labute approximate surface area is 286 Å². The van der Waals surface area contributed by atoms with Gasteiger partial charge >= 0.3 is 0 Å². The van der Waals surface area contributed by atoms with Crippen LogP contribution in [-0.2, 0) is 47.4 Å². The molecule has 0 bridgehead atoms. The van der Waals surface area contributed by atoms with E-state index in [1.807, 2.05) is 6.92 Å². The first-order valence-electron chi connectivity index (χ1n) is 16.6. The molecule has 0 amide bonds. The van der Waals surface area contributed by atoms with Gasteiger partial charge in [0, 0.05) is 6.61 Å². The number of rotatable bonds is 12. The minimum Gasteiger partial charge on any atom is -0.388 e. The zero-order valence-electron chi connectivity index (χ0n) is 27.2. The van der Waals surface area contributed by atoms with E-state index in [4.69, 9.17) is 47.4 Å². The van der Waals surface area contributed by atoms with Crippen molar-refractivity contribution in [1.82, 2.24) is 0 Å². The summed E-state index contributed by atoms with van der Waals surface area (Å²) in [5.74, 6) is 0. The van der Waals surface area contributed by atoms with E-state index in [1.54, 1.807) is 0 Å². The highest BCUT2D eigenvalue weighted by atomic mass is 16.8. The summed E-state index contributed by atoms with van der Waals surface area (Å²) in [6.07, 6.45) is -28.1. The molecule has 0 aromatic rings. The topological polar surface area (TPSA) is 315 Å². The van der Waals surface area contributed by atoms with Gasteiger partial charge in [0.05, 0.1) is 33.0 Å². The average molecular weight is 735 g/mol. The van der Waals surface area contributed by atoms with Gasteiger partial charge in [0.1, 0.15) is 91.6 Å². The monoisotopic (exact) mass is 734 g/mol. The van der Waals surface area contributed by atoms with Crippen LogP contribution in [0, 0.1) is 0 Å². The molecule has 5 fully saturated rings. The number of ether oxygens (including phenoxy) is 10. The third-order valence-corrected chi connectivity index (χ3v) is 9.21. The Hall–Kier alpha value is -0.840. The first-order valence-corrected chi connectivity index (χ1v) is 16.6. The predicted molar refractivity (Wildman–Crippen MR) is 155 cm³/mol. The lowest BCUT2D eigenvalue weighted by Crippen LogP contribution is -2.63. The van der Waals surface area contributed by atoms with Crippen molar-refractivity contribution >= 4 is 0 Å². The number of hydrogen-bond donors (Lipinski definition) is 11. The van der Waals surface area contributed by atoms with Crippen LogP contribution in [-0.4, -0.2) is 219 Å². The largest absolute Gasteiger partial charge is 0.388 e. The Bertz CT molecular complexity index is 1030. The second kappa shape index (κ2) is 18.0. The minimum absolute atomic E-state index is 0.201. The van der Waals surface area contributed by atoms with Crippen molar-refractivity contribution in [2.24, 2.45) is 0 Å². The van der Waals surface area contributed by atoms with Crippen LogP contribution in [0.25, 0.3) is 0 Å². The van der Waals surface area contributed by atoms with E-state index in [-0.39, 0.29) is 26.4 Å². The summed E-state index contributed by atoms with van der Waals surface area (Å²) >= 11 is 0. The molecule has 0 aromatic carbocycles. The average Bonchev–Trinajstić information content (AvgIpc) is 3.10. The fourth-order valence-electron chi connectivity index (χ4n) is 5.99. The second-order valence-electron chi connectivity index (χ2n) is 12.9. The van der Waals surface area contributed by atoms with Crippen LogP contribution >= 0.6 is 0 Å². The van der Waals surface area contributed by atoms with E-state index in [0.717, 1.165) is 12.8 Å². The minimum atomic E-state index is -1.77. The lowest BCUT2D eigenvalue weighted by atomic mass is 10.0. The number of aliphatic hydroxyl groups is 11. The first-order chi connectivity index (χ1) is 23.8. The van der Waals surface area contributed by atoms with Crippen LogP contribution in [0.3, 0.4) is 0 Å². The molecule has 0 radical (unpaired) electrons. The van der Waals surface area contributed by atoms with Gasteiger partial charge in [0.25, 0.3) is 0 Å². The second-order valence-corrected chi connectivity index (χ2v) is 12.9. The first kappa shape index (κ1) is 40.3. The van der Waals surface area contributed by atoms with Crippen LogP contribution in [0.5, 0.6) is 0 Å². The summed E-state index contributed by atoms with van der Waals surface area (Å²) in [6, 6.07) is 0. The Morgan fingerprint density at radius 3 is 1.06 bits per heavy atom. The summed E-state index contributed by atoms with van der Waals surface area (Å²) in [7, 11) is 0. The standard InChI is InChI=1S/C29H50O21/c1-2-3-4-41-25-21(37)16(32)11(6-43-25)48-27-23(39)18(34)13(8-45-27)50-29-24(40)19(35)14(9-46-29)49-28-22(38)17(33)12(7-44-28)47-26-20(36)15(31)10(30)5-42-26/h10-40H,2-9H2,1H3. The molecule has 11 N–H and O–H groups in total. The highest BCUT2D eigenvalue weighted by Crippen LogP contribution is 2.30. The highest BCUT2D eigenvalue weighted by Gasteiger charge is 2.50. The molecule has 20 atom stereocenters. The van der Waals surface area contributed by atoms with E-state index in [1.165, 1.54) is 0 Å². The van der Waals surface area contributed by atoms with Gasteiger partial charge in [0.2, 0.25) is 0 Å². The molecule has 292 valence electrons. The van der Waals surface area contributed by atoms with Gasteiger partial charge in [-0.2, -0.15) is 0 Å². The summed E-state index contributed by atoms with van der Waals surface area (Å²) in [6.45, 7) is 0.545. The molecule has 50 heavy (non-hydrogen) atoms. The smallest absolute Gasteiger partial charge is 0.186 e. The highest BCUT2D eigenvalue weighted by molar-refractivity contribution is 4.92. The molecule has 0 aliphatic carbocycles. The summed E-state index contributed by atoms with van der Waals surface area (Å²) < 4.78 is 54.7. The lowest BCUT2D eigenvalue weighted by molar-refractivity contribution is -0.362. The third kappa shape index (κ3) is 9.09. The van der Waals surface area contributed by atoms with Crippen molar-refractivity contribution < 1.29 is 104 Å². The Morgan fingerprint density at radius 1 is 0.400 bits per heavy atom. The van der Waals surface area contributed by atoms with E-state index >= 15 is 0 Å². The molecule has 5 aliphatic rings. The van der Waals surface area contributed by atoms with Crippen LogP contribution in [0.15, 0.2) is 0 Å². The van der Waals surface area contributed by atoms with Crippen LogP contribution in [0.4, 0.5) is 0 Å². The molecular weight excluding hydrogens is 684 g/mol. The van der Waals surface area contributed by atoms with Gasteiger partial charge in [-0.05, 0) is 6.42 Å². The Morgan fingerprint density at radius 2 is 0.700 bits per heavy atom. The van der Waals surface area contributed by atoms with Crippen molar-refractivity contribution in [1.29, 1.82) is 0 Å². The van der Waals surface area contributed by atoms with E-state index < -0.39 is 130 Å². The Balaban J connectivity index is 1.06. The van der Waals surface area contributed by atoms with Crippen LogP contribution in [0.1, 0.15) is 19.8 Å². The quantitative estimate of drug-likeness (QED) is 0.0830. The fourth-order valence-corrected chi connectivity index (χ4v) is 5.99. The molecule has 20 unspecified atom stereocenters. The van der Waals surface area contributed by atoms with Gasteiger partial charge in [-0.3, -0.25) is 0 Å². The van der Waals surface area contributed by atoms with Gasteiger partial charge in [-0.1, -0.05) is 13.3 Å². The van der Waals surface area contributed by atoms with Crippen LogP contribution in [0.2, 0.25) is 0 Å². The van der Waals surface area contributed by atoms with Crippen LogP contribution < -0.4 is 0 Å². The van der Waals surface area contributed by atoms with E-state index in [2.05, 4.69) is 0 Å². The predicted octanol–water partition coefficient (Wildman–Crippen LogP) is -6.90. The lowest BCUT2D eigenvalue weighted by Gasteiger charge is -2.45. The van der Waals surface area contributed by atoms with Crippen molar-refractivity contribution in [3.05, 3.63) is 0 Å². The molecule has 21 nitrogen and oxygen atoms in total. The van der Waals surface area contributed by atoms with E-state index in [0.29, 0.717) is 6.61 Å². The maximum atomic E-state index is 10.8. The molecule has 0 aromatic heterocycles. The maximum absolute atomic E-state index is 10.8. The molecule has 0 spiro atoms. The number of hydrogen-bond acceptors (Lipinski definition) is 21. The number of unbranched alkanes of at least 4 members (excludes halogenated alkanes) is 1. The summed E-state index contributed by atoms with van der Waals surface area (Å²) in [5, 5.41) is 114. The van der Waals surface area contributed by atoms with Crippen molar-refractivity contribution in [2.75, 3.05) is 39.6 Å². The summed E-state index contributed by atoms with van der Waals surface area (Å²) in [4.78, 5) is 0. The third-order valence-electron chi connectivity index (χ3n) is 9.21. The van der Waals surface area contributed by atoms with Crippen molar-refractivity contribution in [3.8, 4) is 0 Å². The zero-order chi connectivity index (χ0) is 36.3. The van der Waals surface area contributed by atoms with Crippen molar-refractivity contribution in [3.63, 3.8) is 0 Å². The van der Waals surface area contributed by atoms with Gasteiger partial charge < -0.3 is 104 Å². The molecule has 5 rings (SSSR count). The molecule has 5 saturated heterocycles. The van der Waals surface area contributed by atoms with Gasteiger partial charge in [-0.25, -0.2) is 0 Å². The summed E-state index contributed by atoms with van der Waals surface area (Å²) in [5.41, 5.74) is 0.